The third-order valence-electron chi connectivity index (χ3n) is 4.00. The number of nitrogens with zero attached hydrogens (tertiary/aromatic N) is 2. The molecule has 1 unspecified atom stereocenters. The van der Waals surface area contributed by atoms with Crippen molar-refractivity contribution in [2.24, 2.45) is 0 Å². The van der Waals surface area contributed by atoms with E-state index in [-0.39, 0.29) is 28.1 Å². The summed E-state index contributed by atoms with van der Waals surface area (Å²) in [6.45, 7) is 3.05. The van der Waals surface area contributed by atoms with Crippen LogP contribution >= 0.6 is 11.8 Å². The van der Waals surface area contributed by atoms with E-state index in [0.717, 1.165) is 11.5 Å². The molecule has 25 heavy (non-hydrogen) atoms. The average molecular weight is 367 g/mol. The summed E-state index contributed by atoms with van der Waals surface area (Å²) >= 11 is 6.12. The second-order valence-electron chi connectivity index (χ2n) is 5.36. The predicted molar refractivity (Wildman–Crippen MR) is 88.6 cm³/mol. The van der Waals surface area contributed by atoms with Crippen molar-refractivity contribution in [3.63, 3.8) is 0 Å². The number of nitro groups is 1. The lowest BCUT2D eigenvalue weighted by Crippen LogP contribution is -2.30. The number of carboxylic acid groups (broad SMARTS) is 1. The summed E-state index contributed by atoms with van der Waals surface area (Å²) in [6, 6.07) is 5.47. The van der Waals surface area contributed by atoms with Crippen LogP contribution in [0.25, 0.3) is 0 Å². The molecule has 1 aliphatic heterocycles. The maximum atomic E-state index is 12.3. The van der Waals surface area contributed by atoms with Gasteiger partial charge in [-0.25, -0.2) is 9.59 Å². The number of nitro benzene ring substituents is 1. The van der Waals surface area contributed by atoms with Gasteiger partial charge in [-0.3, -0.25) is 14.5 Å². The fourth-order valence-corrected chi connectivity index (χ4v) is 3.01. The zero-order valence-electron chi connectivity index (χ0n) is 13.6. The highest BCUT2D eigenvalue weighted by Gasteiger charge is 2.40. The number of non-ortho nitro benzene ring substituents is 1. The molecule has 1 atom stereocenters. The highest BCUT2D eigenvalue weighted by molar-refractivity contribution is 6.17. The second-order valence-corrected chi connectivity index (χ2v) is 5.70. The Morgan fingerprint density at radius 3 is 2.40 bits per heavy atom. The normalized spacial score (nSPS) is 17.6. The van der Waals surface area contributed by atoms with Gasteiger partial charge in [0.1, 0.15) is 0 Å². The number of carbonyl (C=O) groups is 2. The second kappa shape index (κ2) is 6.94. The van der Waals surface area contributed by atoms with Gasteiger partial charge >= 0.3 is 11.9 Å². The monoisotopic (exact) mass is 366 g/mol. The highest BCUT2D eigenvalue weighted by atomic mass is 35.5. The molecule has 0 aromatic heterocycles. The predicted octanol–water partition coefficient (Wildman–Crippen LogP) is 2.95. The molecule has 132 valence electrons. The summed E-state index contributed by atoms with van der Waals surface area (Å²) < 4.78 is 5.84. The number of ether oxygens (including phenoxy) is 1. The highest BCUT2D eigenvalue weighted by Crippen LogP contribution is 2.43. The lowest BCUT2D eigenvalue weighted by Gasteiger charge is -2.33. The van der Waals surface area contributed by atoms with Gasteiger partial charge in [-0.05, 0) is 19.4 Å². The van der Waals surface area contributed by atoms with Gasteiger partial charge in [-0.1, -0.05) is 12.1 Å². The van der Waals surface area contributed by atoms with Gasteiger partial charge in [0.25, 0.3) is 5.69 Å². The number of hydrogen-bond donors (Lipinski definition) is 1. The molecule has 0 spiro atoms. The van der Waals surface area contributed by atoms with Gasteiger partial charge in [0.15, 0.2) is 0 Å². The maximum Gasteiger partial charge on any atom is 0.336 e. The molecule has 0 radical (unpaired) electrons. The van der Waals surface area contributed by atoms with Crippen molar-refractivity contribution in [2.75, 3.05) is 7.11 Å². The Labute approximate surface area is 148 Å². The van der Waals surface area contributed by atoms with Crippen LogP contribution in [0, 0.1) is 10.1 Å². The molecule has 0 saturated heterocycles. The number of aliphatic carboxylic acids is 1. The molecule has 9 heteroatoms. The molecule has 8 nitrogen and oxygen atoms in total. The van der Waals surface area contributed by atoms with E-state index in [2.05, 4.69) is 0 Å². The van der Waals surface area contributed by atoms with E-state index in [1.54, 1.807) is 6.92 Å². The first-order valence-electron chi connectivity index (χ1n) is 7.14. The minimum atomic E-state index is -1.28. The fourth-order valence-electron chi connectivity index (χ4n) is 2.83. The van der Waals surface area contributed by atoms with Crippen LogP contribution in [0.15, 0.2) is 46.8 Å². The quantitative estimate of drug-likeness (QED) is 0.377. The minimum Gasteiger partial charge on any atom is -0.478 e. The zero-order valence-corrected chi connectivity index (χ0v) is 14.4. The van der Waals surface area contributed by atoms with Crippen LogP contribution in [0.3, 0.4) is 0 Å². The molecule has 0 aliphatic carbocycles. The largest absolute Gasteiger partial charge is 0.478 e. The Bertz CT molecular complexity index is 830. The number of benzene rings is 1. The molecule has 0 bridgehead atoms. The van der Waals surface area contributed by atoms with Crippen LogP contribution < -0.4 is 0 Å². The third kappa shape index (κ3) is 3.20. The molecule has 1 aromatic rings. The van der Waals surface area contributed by atoms with Crippen molar-refractivity contribution < 1.29 is 24.4 Å². The lowest BCUT2D eigenvalue weighted by atomic mass is 9.80. The standard InChI is InChI=1S/C16H15ClN2O6/c1-8-12(15(20)21)14(10-5-4-6-11(7-10)19(23)24)13(16(22)25-3)9(2)18(8)17/h4-7,14H,1-3H3,(H,20,21). The van der Waals surface area contributed by atoms with Crippen molar-refractivity contribution in [3.05, 3.63) is 62.5 Å². The van der Waals surface area contributed by atoms with Gasteiger partial charge in [0.05, 0.1) is 29.1 Å². The summed E-state index contributed by atoms with van der Waals surface area (Å²) in [5.41, 5.74) is 0.455. The smallest absolute Gasteiger partial charge is 0.336 e. The van der Waals surface area contributed by atoms with Crippen molar-refractivity contribution >= 4 is 29.4 Å². The van der Waals surface area contributed by atoms with E-state index >= 15 is 0 Å². The molecule has 0 fully saturated rings. The van der Waals surface area contributed by atoms with Gasteiger partial charge in [0, 0.05) is 35.3 Å². The van der Waals surface area contributed by atoms with E-state index in [0.29, 0.717) is 5.70 Å². The molecule has 1 aliphatic rings. The molecular formula is C16H15ClN2O6. The summed E-state index contributed by atoms with van der Waals surface area (Å²) in [7, 11) is 1.16. The summed E-state index contributed by atoms with van der Waals surface area (Å²) in [5, 5.41) is 20.7. The van der Waals surface area contributed by atoms with Crippen molar-refractivity contribution in [1.29, 1.82) is 0 Å². The van der Waals surface area contributed by atoms with Crippen molar-refractivity contribution in [3.8, 4) is 0 Å². The number of rotatable bonds is 4. The summed E-state index contributed by atoms with van der Waals surface area (Å²) in [4.78, 5) is 34.6. The van der Waals surface area contributed by atoms with Crippen molar-refractivity contribution in [1.82, 2.24) is 4.42 Å². The first-order chi connectivity index (χ1) is 11.7. The van der Waals surface area contributed by atoms with Gasteiger partial charge in [-0.15, -0.1) is 0 Å². The topological polar surface area (TPSA) is 110 Å². The van der Waals surface area contributed by atoms with E-state index in [9.17, 15) is 24.8 Å². The van der Waals surface area contributed by atoms with E-state index in [1.807, 2.05) is 0 Å². The number of allylic oxidation sites excluding steroid dienone is 2. The summed E-state index contributed by atoms with van der Waals surface area (Å²) in [6.07, 6.45) is 0. The number of hydrogen-bond acceptors (Lipinski definition) is 6. The van der Waals surface area contributed by atoms with Crippen LogP contribution in [-0.2, 0) is 14.3 Å². The number of esters is 1. The number of carboxylic acids is 1. The number of halogens is 1. The lowest BCUT2D eigenvalue weighted by molar-refractivity contribution is -0.384. The first-order valence-corrected chi connectivity index (χ1v) is 7.47. The Balaban J connectivity index is 2.78. The molecule has 1 aromatic carbocycles. The van der Waals surface area contributed by atoms with Crippen LogP contribution in [0.2, 0.25) is 0 Å². The van der Waals surface area contributed by atoms with Crippen LogP contribution in [0.4, 0.5) is 5.69 Å². The molecule has 1 heterocycles. The number of carbonyl (C=O) groups excluding carboxylic acids is 1. The minimum absolute atomic E-state index is 0.0148. The third-order valence-corrected chi connectivity index (χ3v) is 4.50. The SMILES string of the molecule is COC(=O)C1=C(C)N(Cl)C(C)=C(C(=O)O)C1c1cccc([N+](=O)[O-])c1. The van der Waals surface area contributed by atoms with E-state index in [1.165, 1.54) is 31.2 Å². The molecule has 0 amide bonds. The molecule has 1 N–H and O–H groups in total. The Kier molecular flexibility index (Phi) is 5.13. The van der Waals surface area contributed by atoms with Crippen LogP contribution in [-0.4, -0.2) is 33.5 Å². The Morgan fingerprint density at radius 2 is 1.88 bits per heavy atom. The fraction of sp³-hybridized carbons (Fsp3) is 0.250. The van der Waals surface area contributed by atoms with Gasteiger partial charge in [-0.2, -0.15) is 0 Å². The Morgan fingerprint density at radius 1 is 1.28 bits per heavy atom. The van der Waals surface area contributed by atoms with Crippen molar-refractivity contribution in [2.45, 2.75) is 19.8 Å². The first kappa shape index (κ1) is 18.5. The Hall–Kier alpha value is -2.87. The molecule has 0 saturated carbocycles. The van der Waals surface area contributed by atoms with Gasteiger partial charge < -0.3 is 9.84 Å². The zero-order chi connectivity index (χ0) is 18.9. The van der Waals surface area contributed by atoms with E-state index in [4.69, 9.17) is 16.5 Å². The van der Waals surface area contributed by atoms with Gasteiger partial charge in [0.2, 0.25) is 0 Å². The van der Waals surface area contributed by atoms with Crippen LogP contribution in [0.5, 0.6) is 0 Å². The maximum absolute atomic E-state index is 12.3. The number of methoxy groups -OCH3 is 1. The molecular weight excluding hydrogens is 352 g/mol. The van der Waals surface area contributed by atoms with E-state index < -0.39 is 22.8 Å². The molecule has 2 rings (SSSR count). The van der Waals surface area contributed by atoms with Crippen LogP contribution in [0.1, 0.15) is 25.3 Å². The summed E-state index contributed by atoms with van der Waals surface area (Å²) in [5.74, 6) is -3.08. The average Bonchev–Trinajstić information content (AvgIpc) is 2.58.